The number of rotatable bonds is 5. The van der Waals surface area contributed by atoms with E-state index in [0.717, 1.165) is 5.06 Å². The zero-order valence-electron chi connectivity index (χ0n) is 12.5. The number of methoxy groups -OCH3 is 1. The van der Waals surface area contributed by atoms with Crippen LogP contribution in [0.4, 0.5) is 0 Å². The molecule has 21 heavy (non-hydrogen) atoms. The minimum absolute atomic E-state index is 0.0595. The van der Waals surface area contributed by atoms with E-state index in [0.29, 0.717) is 11.1 Å². The van der Waals surface area contributed by atoms with Crippen LogP contribution >= 0.6 is 0 Å². The lowest BCUT2D eigenvalue weighted by molar-refractivity contribution is -0.179. The molecule has 7 nitrogen and oxygen atoms in total. The third-order valence-corrected chi connectivity index (χ3v) is 2.77. The Kier molecular flexibility index (Phi) is 6.01. The van der Waals surface area contributed by atoms with E-state index in [2.05, 4.69) is 0 Å². The molecular weight excluding hydrogens is 274 g/mol. The molecule has 1 rings (SSSR count). The second kappa shape index (κ2) is 7.51. The summed E-state index contributed by atoms with van der Waals surface area (Å²) in [6.07, 6.45) is -0.788. The third-order valence-electron chi connectivity index (χ3n) is 2.77. The predicted molar refractivity (Wildman–Crippen MR) is 77.3 cm³/mol. The molecule has 0 aromatic heterocycles. The van der Waals surface area contributed by atoms with E-state index in [1.807, 2.05) is 0 Å². The van der Waals surface area contributed by atoms with Crippen LogP contribution in [0.5, 0.6) is 0 Å². The number of likely N-dealkylation sites (N-methyl/N-ethyl adjacent to an activating group) is 1. The minimum atomic E-state index is -0.788. The zero-order chi connectivity index (χ0) is 16.0. The third kappa shape index (κ3) is 4.37. The molecule has 1 amide bonds. The van der Waals surface area contributed by atoms with E-state index in [1.165, 1.54) is 28.2 Å². The highest BCUT2D eigenvalue weighted by atomic mass is 16.7. The Labute approximate surface area is 123 Å². The van der Waals surface area contributed by atoms with Gasteiger partial charge in [0.05, 0.1) is 7.11 Å². The van der Waals surface area contributed by atoms with Gasteiger partial charge in [-0.15, -0.1) is 0 Å². The Morgan fingerprint density at radius 1 is 1.19 bits per heavy atom. The average Bonchev–Trinajstić information content (AvgIpc) is 2.47. The van der Waals surface area contributed by atoms with Crippen LogP contribution in [-0.4, -0.2) is 44.0 Å². The monoisotopic (exact) mass is 293 g/mol. The smallest absolute Gasteiger partial charge is 0.279 e. The van der Waals surface area contributed by atoms with Gasteiger partial charge in [0, 0.05) is 26.6 Å². The first-order chi connectivity index (χ1) is 9.90. The molecule has 1 unspecified atom stereocenters. The zero-order valence-corrected chi connectivity index (χ0v) is 12.5. The maximum absolute atomic E-state index is 12.1. The molecule has 0 saturated heterocycles. The van der Waals surface area contributed by atoms with Crippen molar-refractivity contribution in [3.05, 3.63) is 35.4 Å². The fraction of sp³-hybridized carbons (Fsp3) is 0.357. The maximum atomic E-state index is 12.1. The van der Waals surface area contributed by atoms with E-state index in [4.69, 9.17) is 25.1 Å². The second-order valence-corrected chi connectivity index (χ2v) is 4.24. The number of hydroxylamine groups is 2. The summed E-state index contributed by atoms with van der Waals surface area (Å²) in [5, 5.41) is 16.0. The summed E-state index contributed by atoms with van der Waals surface area (Å²) >= 11 is 0. The SMILES string of the molecule is COC(C(=O)N(C)OC)c1ccc(C(=N)OC(C)=N)cc1. The van der Waals surface area contributed by atoms with Crippen LogP contribution < -0.4 is 0 Å². The van der Waals surface area contributed by atoms with Gasteiger partial charge in [-0.2, -0.15) is 0 Å². The first-order valence-corrected chi connectivity index (χ1v) is 6.17. The number of carbonyl (C=O) groups excluding carboxylic acids is 1. The predicted octanol–water partition coefficient (Wildman–Crippen LogP) is 1.73. The van der Waals surface area contributed by atoms with Crippen molar-refractivity contribution in [1.82, 2.24) is 5.06 Å². The fourth-order valence-corrected chi connectivity index (χ4v) is 1.66. The Hall–Kier alpha value is -2.25. The first kappa shape index (κ1) is 16.8. The Morgan fingerprint density at radius 2 is 1.76 bits per heavy atom. The van der Waals surface area contributed by atoms with Gasteiger partial charge in [0.2, 0.25) is 5.90 Å². The quantitative estimate of drug-likeness (QED) is 0.491. The normalized spacial score (nSPS) is 11.6. The molecule has 1 aromatic carbocycles. The molecule has 114 valence electrons. The van der Waals surface area contributed by atoms with Crippen molar-refractivity contribution in [1.29, 1.82) is 10.8 Å². The van der Waals surface area contributed by atoms with E-state index in [-0.39, 0.29) is 17.7 Å². The van der Waals surface area contributed by atoms with Gasteiger partial charge in [-0.3, -0.25) is 20.5 Å². The summed E-state index contributed by atoms with van der Waals surface area (Å²) in [6.45, 7) is 1.45. The summed E-state index contributed by atoms with van der Waals surface area (Å²) < 4.78 is 10.1. The summed E-state index contributed by atoms with van der Waals surface area (Å²) in [5.41, 5.74) is 1.14. The second-order valence-electron chi connectivity index (χ2n) is 4.24. The number of hydrogen-bond donors (Lipinski definition) is 2. The highest BCUT2D eigenvalue weighted by molar-refractivity contribution is 5.98. The molecule has 0 heterocycles. The number of nitrogens with zero attached hydrogens (tertiary/aromatic N) is 1. The van der Waals surface area contributed by atoms with Crippen LogP contribution in [0.25, 0.3) is 0 Å². The van der Waals surface area contributed by atoms with Crippen molar-refractivity contribution in [2.75, 3.05) is 21.3 Å². The molecule has 2 N–H and O–H groups in total. The summed E-state index contributed by atoms with van der Waals surface area (Å²) in [5.74, 6) is -0.520. The van der Waals surface area contributed by atoms with Crippen LogP contribution in [0.1, 0.15) is 24.2 Å². The van der Waals surface area contributed by atoms with Crippen molar-refractivity contribution >= 4 is 17.7 Å². The summed E-state index contributed by atoms with van der Waals surface area (Å²) in [7, 11) is 4.33. The van der Waals surface area contributed by atoms with Crippen molar-refractivity contribution in [2.24, 2.45) is 0 Å². The van der Waals surface area contributed by atoms with Crippen LogP contribution in [0.15, 0.2) is 24.3 Å². The van der Waals surface area contributed by atoms with Crippen LogP contribution in [-0.2, 0) is 19.1 Å². The molecule has 1 aromatic rings. The standard InChI is InChI=1S/C14H19N3O4/c1-9(15)21-13(16)11-7-5-10(6-8-11)12(19-3)14(18)17(2)20-4/h5-8,12,15-16H,1-4H3. The molecule has 0 spiro atoms. The number of benzene rings is 1. The van der Waals surface area contributed by atoms with Gasteiger partial charge in [-0.05, 0) is 17.7 Å². The molecule has 0 aliphatic heterocycles. The van der Waals surface area contributed by atoms with Crippen LogP contribution in [0.3, 0.4) is 0 Å². The maximum Gasteiger partial charge on any atom is 0.279 e. The first-order valence-electron chi connectivity index (χ1n) is 6.17. The Morgan fingerprint density at radius 3 is 2.19 bits per heavy atom. The molecule has 0 radical (unpaired) electrons. The number of carbonyl (C=O) groups is 1. The average molecular weight is 293 g/mol. The van der Waals surface area contributed by atoms with Gasteiger partial charge in [0.25, 0.3) is 5.91 Å². The van der Waals surface area contributed by atoms with E-state index in [1.54, 1.807) is 24.3 Å². The highest BCUT2D eigenvalue weighted by Crippen LogP contribution is 2.20. The summed E-state index contributed by atoms with van der Waals surface area (Å²) in [4.78, 5) is 16.9. The minimum Gasteiger partial charge on any atom is -0.426 e. The Balaban J connectivity index is 2.92. The largest absolute Gasteiger partial charge is 0.426 e. The van der Waals surface area contributed by atoms with Gasteiger partial charge in [-0.25, -0.2) is 5.06 Å². The number of nitrogens with one attached hydrogen (secondary N) is 2. The molecule has 0 fully saturated rings. The Bertz CT molecular complexity index is 528. The van der Waals surface area contributed by atoms with Gasteiger partial charge in [0.1, 0.15) is 0 Å². The molecule has 0 aliphatic rings. The molecule has 0 saturated carbocycles. The van der Waals surface area contributed by atoms with Crippen molar-refractivity contribution in [3.8, 4) is 0 Å². The van der Waals surface area contributed by atoms with Gasteiger partial charge in [0.15, 0.2) is 12.0 Å². The van der Waals surface area contributed by atoms with E-state index in [9.17, 15) is 4.79 Å². The number of hydrogen-bond acceptors (Lipinski definition) is 6. The van der Waals surface area contributed by atoms with Gasteiger partial charge >= 0.3 is 0 Å². The van der Waals surface area contributed by atoms with Crippen LogP contribution in [0.2, 0.25) is 0 Å². The molecule has 0 aliphatic carbocycles. The number of ether oxygens (including phenoxy) is 2. The summed E-state index contributed by atoms with van der Waals surface area (Å²) in [6, 6.07) is 6.60. The van der Waals surface area contributed by atoms with E-state index >= 15 is 0 Å². The molecular formula is C14H19N3O4. The lowest BCUT2D eigenvalue weighted by Gasteiger charge is -2.21. The van der Waals surface area contributed by atoms with Gasteiger partial charge in [-0.1, -0.05) is 12.1 Å². The van der Waals surface area contributed by atoms with Crippen molar-refractivity contribution < 1.29 is 19.1 Å². The fourth-order valence-electron chi connectivity index (χ4n) is 1.66. The molecule has 1 atom stereocenters. The lowest BCUT2D eigenvalue weighted by Crippen LogP contribution is -2.31. The van der Waals surface area contributed by atoms with Crippen molar-refractivity contribution in [3.63, 3.8) is 0 Å². The topological polar surface area (TPSA) is 95.7 Å². The molecule has 0 bridgehead atoms. The van der Waals surface area contributed by atoms with E-state index < -0.39 is 6.10 Å². The highest BCUT2D eigenvalue weighted by Gasteiger charge is 2.24. The van der Waals surface area contributed by atoms with Crippen LogP contribution in [0, 0.1) is 10.8 Å². The molecule has 7 heteroatoms. The van der Waals surface area contributed by atoms with Crippen molar-refractivity contribution in [2.45, 2.75) is 13.0 Å². The van der Waals surface area contributed by atoms with Gasteiger partial charge < -0.3 is 9.47 Å². The number of amides is 1. The lowest BCUT2D eigenvalue weighted by atomic mass is 10.1.